The molecule has 0 saturated carbocycles. The number of imidazole rings is 1. The first-order chi connectivity index (χ1) is 7.69. The summed E-state index contributed by atoms with van der Waals surface area (Å²) in [5.74, 6) is 0.315. The normalized spacial score (nSPS) is 28.4. The molecule has 1 fully saturated rings. The van der Waals surface area contributed by atoms with E-state index in [-0.39, 0.29) is 0 Å². The Hall–Kier alpha value is -1.46. The molecule has 2 unspecified atom stereocenters. The van der Waals surface area contributed by atoms with E-state index in [1.54, 1.807) is 10.9 Å². The molecule has 1 aliphatic heterocycles. The third kappa shape index (κ3) is 1.07. The van der Waals surface area contributed by atoms with Crippen molar-refractivity contribution in [2.75, 3.05) is 19.0 Å². The quantitative estimate of drug-likeness (QED) is 0.754. The Labute approximate surface area is 91.4 Å². The minimum Gasteiger partial charge on any atom is -0.382 e. The van der Waals surface area contributed by atoms with Gasteiger partial charge >= 0.3 is 0 Å². The molecule has 1 aliphatic rings. The fourth-order valence-corrected chi connectivity index (χ4v) is 3.33. The number of fused-ring (bicyclic) bond motifs is 1. The lowest BCUT2D eigenvalue weighted by Gasteiger charge is -2.13. The maximum absolute atomic E-state index is 11.6. The van der Waals surface area contributed by atoms with Crippen LogP contribution in [0.5, 0.6) is 0 Å². The molecule has 7 nitrogen and oxygen atoms in total. The monoisotopic (exact) mass is 239 g/mol. The van der Waals surface area contributed by atoms with Gasteiger partial charge in [0.2, 0.25) is 5.47 Å². The van der Waals surface area contributed by atoms with Gasteiger partial charge < -0.3 is 15.0 Å². The molecule has 2 aromatic rings. The summed E-state index contributed by atoms with van der Waals surface area (Å²) in [6, 6.07) is 0. The van der Waals surface area contributed by atoms with Crippen LogP contribution in [0.2, 0.25) is 0 Å². The second-order valence-electron chi connectivity index (χ2n) is 3.63. The minimum atomic E-state index is -1.75. The predicted molar refractivity (Wildman–Crippen MR) is 58.6 cm³/mol. The number of nitrogens with two attached hydrogens (primary N) is 1. The summed E-state index contributed by atoms with van der Waals surface area (Å²) in [6.45, 7) is 0. The molecule has 1 saturated heterocycles. The van der Waals surface area contributed by atoms with E-state index >= 15 is 0 Å². The highest BCUT2D eigenvalue weighted by molar-refractivity contribution is 7.54. The first kappa shape index (κ1) is 9.74. The number of nitrogens with zero attached hydrogens (tertiary/aromatic N) is 4. The second kappa shape index (κ2) is 3.02. The Balaban J connectivity index is 2.26. The van der Waals surface area contributed by atoms with E-state index in [4.69, 9.17) is 10.5 Å². The topological polar surface area (TPSA) is 95.9 Å². The Bertz CT molecular complexity index is 597. The van der Waals surface area contributed by atoms with Crippen LogP contribution in [0.1, 0.15) is 0 Å². The van der Waals surface area contributed by atoms with Crippen LogP contribution in [0, 0.1) is 0 Å². The summed E-state index contributed by atoms with van der Waals surface area (Å²) in [5, 5.41) is 0. The molecule has 84 valence electrons. The number of aromatic nitrogens is 4. The van der Waals surface area contributed by atoms with Crippen molar-refractivity contribution in [3.8, 4) is 0 Å². The summed E-state index contributed by atoms with van der Waals surface area (Å²) in [6.07, 6.45) is 3.43. The lowest BCUT2D eigenvalue weighted by atomic mass is 10.5. The maximum atomic E-state index is 11.6. The first-order valence-electron chi connectivity index (χ1n) is 4.71. The summed E-state index contributed by atoms with van der Waals surface area (Å²) in [7, 11) is -0.220. The highest BCUT2D eigenvalue weighted by atomic mass is 31.1. The van der Waals surface area contributed by atoms with Crippen LogP contribution in [0.3, 0.4) is 0 Å². The van der Waals surface area contributed by atoms with Crippen molar-refractivity contribution in [3.05, 3.63) is 12.7 Å². The van der Waals surface area contributed by atoms with Gasteiger partial charge in [-0.05, 0) is 0 Å². The van der Waals surface area contributed by atoms with E-state index in [9.17, 15) is 4.57 Å². The second-order valence-corrected chi connectivity index (χ2v) is 5.62. The largest absolute Gasteiger partial charge is 0.382 e. The number of hydrogen-bond donors (Lipinski definition) is 1. The zero-order chi connectivity index (χ0) is 11.3. The van der Waals surface area contributed by atoms with Gasteiger partial charge in [-0.1, -0.05) is 0 Å². The number of anilines is 1. The predicted octanol–water partition coefficient (Wildman–Crippen LogP) is 0.238. The average molecular weight is 239 g/mol. The van der Waals surface area contributed by atoms with Crippen molar-refractivity contribution in [2.24, 2.45) is 0 Å². The smallest absolute Gasteiger partial charge is 0.204 e. The van der Waals surface area contributed by atoms with Gasteiger partial charge in [-0.3, -0.25) is 4.57 Å². The standard InChI is InChI=1S/C8H10N5O2P/c1-15-8(2-16(8)14)13-4-12-5-6(9)10-3-11-7(5)13/h3-4,16H,2H2,1H3,(H2,9,10,11). The zero-order valence-corrected chi connectivity index (χ0v) is 9.54. The molecule has 2 atom stereocenters. The molecule has 3 heterocycles. The van der Waals surface area contributed by atoms with Gasteiger partial charge in [-0.15, -0.1) is 0 Å². The molecule has 0 aliphatic carbocycles. The van der Waals surface area contributed by atoms with Gasteiger partial charge in [-0.25, -0.2) is 15.0 Å². The number of methoxy groups -OCH3 is 1. The number of ether oxygens (including phenoxy) is 1. The molecule has 8 heteroatoms. The number of nitrogen functional groups attached to an aromatic ring is 1. The summed E-state index contributed by atoms with van der Waals surface area (Å²) in [4.78, 5) is 12.1. The highest BCUT2D eigenvalue weighted by Crippen LogP contribution is 2.63. The van der Waals surface area contributed by atoms with E-state index in [1.165, 1.54) is 13.4 Å². The average Bonchev–Trinajstić information content (AvgIpc) is 2.75. The van der Waals surface area contributed by atoms with Gasteiger partial charge in [0.15, 0.2) is 11.5 Å². The molecule has 0 spiro atoms. The van der Waals surface area contributed by atoms with Crippen LogP contribution in [0.25, 0.3) is 11.2 Å². The molecular weight excluding hydrogens is 229 g/mol. The third-order valence-corrected chi connectivity index (χ3v) is 4.67. The van der Waals surface area contributed by atoms with Gasteiger partial charge in [0.05, 0.1) is 12.5 Å². The van der Waals surface area contributed by atoms with Crippen molar-refractivity contribution in [3.63, 3.8) is 0 Å². The van der Waals surface area contributed by atoms with Crippen molar-refractivity contribution in [2.45, 2.75) is 5.47 Å². The third-order valence-electron chi connectivity index (χ3n) is 2.80. The number of rotatable bonds is 2. The summed E-state index contributed by atoms with van der Waals surface area (Å²) >= 11 is 0. The van der Waals surface area contributed by atoms with Crippen LogP contribution in [0.4, 0.5) is 5.82 Å². The Morgan fingerprint density at radius 3 is 2.94 bits per heavy atom. The van der Waals surface area contributed by atoms with Gasteiger partial charge in [0.25, 0.3) is 0 Å². The zero-order valence-electron chi connectivity index (χ0n) is 8.54. The van der Waals surface area contributed by atoms with E-state index in [2.05, 4.69) is 15.0 Å². The van der Waals surface area contributed by atoms with Crippen molar-refractivity contribution in [1.29, 1.82) is 0 Å². The highest BCUT2D eigenvalue weighted by Gasteiger charge is 2.55. The molecule has 3 rings (SSSR count). The molecule has 16 heavy (non-hydrogen) atoms. The molecule has 0 bridgehead atoms. The molecule has 0 aromatic carbocycles. The molecule has 0 amide bonds. The van der Waals surface area contributed by atoms with Crippen molar-refractivity contribution in [1.82, 2.24) is 19.5 Å². The van der Waals surface area contributed by atoms with Crippen LogP contribution in [0.15, 0.2) is 12.7 Å². The SMILES string of the molecule is COC1(n2cnc3c(N)ncnc32)C[PH]1=O. The van der Waals surface area contributed by atoms with E-state index in [0.717, 1.165) is 0 Å². The summed E-state index contributed by atoms with van der Waals surface area (Å²) in [5.41, 5.74) is 6.00. The Morgan fingerprint density at radius 2 is 2.31 bits per heavy atom. The first-order valence-corrected chi connectivity index (χ1v) is 6.33. The maximum Gasteiger partial charge on any atom is 0.204 e. The van der Waals surface area contributed by atoms with E-state index in [0.29, 0.717) is 23.1 Å². The Morgan fingerprint density at radius 1 is 1.56 bits per heavy atom. The van der Waals surface area contributed by atoms with Gasteiger partial charge in [0.1, 0.15) is 19.6 Å². The fourth-order valence-electron chi connectivity index (χ4n) is 1.79. The molecule has 2 aromatic heterocycles. The minimum absolute atomic E-state index is 0.315. The van der Waals surface area contributed by atoms with E-state index in [1.807, 2.05) is 0 Å². The molecule has 0 radical (unpaired) electrons. The van der Waals surface area contributed by atoms with Crippen molar-refractivity contribution >= 4 is 24.8 Å². The Kier molecular flexibility index (Phi) is 1.84. The van der Waals surface area contributed by atoms with Crippen LogP contribution < -0.4 is 5.73 Å². The summed E-state index contributed by atoms with van der Waals surface area (Å²) < 4.78 is 18.6. The van der Waals surface area contributed by atoms with Gasteiger partial charge in [0, 0.05) is 7.11 Å². The van der Waals surface area contributed by atoms with Crippen LogP contribution in [-0.4, -0.2) is 32.8 Å². The lowest BCUT2D eigenvalue weighted by Crippen LogP contribution is -2.18. The lowest BCUT2D eigenvalue weighted by molar-refractivity contribution is 0.0543. The van der Waals surface area contributed by atoms with Crippen LogP contribution in [-0.2, 0) is 14.8 Å². The van der Waals surface area contributed by atoms with E-state index < -0.39 is 13.3 Å². The molecule has 2 N–H and O–H groups in total. The molecular formula is C8H10N5O2P. The van der Waals surface area contributed by atoms with Crippen LogP contribution >= 0.6 is 7.80 Å². The van der Waals surface area contributed by atoms with Gasteiger partial charge in [-0.2, -0.15) is 0 Å². The number of hydrogen-bond acceptors (Lipinski definition) is 6. The fraction of sp³-hybridized carbons (Fsp3) is 0.375. The van der Waals surface area contributed by atoms with Crippen molar-refractivity contribution < 1.29 is 9.30 Å².